The van der Waals surface area contributed by atoms with Crippen LogP contribution >= 0.6 is 0 Å². The number of benzene rings is 2. The molecule has 0 aliphatic heterocycles. The highest BCUT2D eigenvalue weighted by Crippen LogP contribution is 2.42. The highest BCUT2D eigenvalue weighted by Gasteiger charge is 2.41. The summed E-state index contributed by atoms with van der Waals surface area (Å²) in [5.74, 6) is 0.259. The molecular weight excluding hydrogens is 264 g/mol. The number of nitrogens with zero attached hydrogens (tertiary/aromatic N) is 1. The van der Waals surface area contributed by atoms with Gasteiger partial charge in [0.2, 0.25) is 0 Å². The lowest BCUT2D eigenvalue weighted by atomic mass is 9.80. The molecule has 0 heterocycles. The maximum atomic E-state index is 10.9. The molecule has 3 rings (SSSR count). The third-order valence-electron chi connectivity index (χ3n) is 4.55. The van der Waals surface area contributed by atoms with Gasteiger partial charge in [-0.05, 0) is 35.4 Å². The normalized spacial score (nSPS) is 23.8. The van der Waals surface area contributed by atoms with Gasteiger partial charge < -0.3 is 5.73 Å². The van der Waals surface area contributed by atoms with Crippen LogP contribution in [0, 0.1) is 16.0 Å². The zero-order valence-electron chi connectivity index (χ0n) is 12.0. The minimum atomic E-state index is -0.453. The third-order valence-corrected chi connectivity index (χ3v) is 4.55. The number of nitro benzene ring substituents is 1. The topological polar surface area (TPSA) is 69.2 Å². The third kappa shape index (κ3) is 2.32. The summed E-state index contributed by atoms with van der Waals surface area (Å²) < 4.78 is 0. The van der Waals surface area contributed by atoms with Crippen molar-refractivity contribution >= 4 is 5.69 Å². The zero-order chi connectivity index (χ0) is 15.0. The molecule has 0 radical (unpaired) electrons. The smallest absolute Gasteiger partial charge is 0.269 e. The van der Waals surface area contributed by atoms with Crippen molar-refractivity contribution in [2.45, 2.75) is 25.3 Å². The molecule has 0 bridgehead atoms. The molecule has 0 saturated heterocycles. The summed E-state index contributed by atoms with van der Waals surface area (Å²) in [6.07, 6.45) is 1.54. The standard InChI is InChI=1S/C17H18N2O2/c1-12-9-14-10-15(19(20)21)7-8-16(14)17(12,18)11-13-5-3-2-4-6-13/h2-8,10,12H,9,11,18H2,1H3. The van der Waals surface area contributed by atoms with Gasteiger partial charge in [-0.2, -0.15) is 0 Å². The van der Waals surface area contributed by atoms with Gasteiger partial charge in [0.05, 0.1) is 4.92 Å². The Balaban J connectivity index is 2.00. The van der Waals surface area contributed by atoms with Crippen molar-refractivity contribution in [1.29, 1.82) is 0 Å². The van der Waals surface area contributed by atoms with Crippen molar-refractivity contribution in [3.05, 3.63) is 75.3 Å². The maximum absolute atomic E-state index is 10.9. The molecule has 4 heteroatoms. The molecule has 0 spiro atoms. The van der Waals surface area contributed by atoms with Gasteiger partial charge in [0.1, 0.15) is 0 Å². The number of nitrogens with two attached hydrogens (primary N) is 1. The predicted octanol–water partition coefficient (Wildman–Crippen LogP) is 3.18. The first-order valence-corrected chi connectivity index (χ1v) is 7.11. The van der Waals surface area contributed by atoms with Crippen LogP contribution in [0.5, 0.6) is 0 Å². The van der Waals surface area contributed by atoms with E-state index in [-0.39, 0.29) is 16.5 Å². The zero-order valence-corrected chi connectivity index (χ0v) is 12.0. The fourth-order valence-corrected chi connectivity index (χ4v) is 3.30. The average molecular weight is 282 g/mol. The number of nitro groups is 1. The molecule has 2 N–H and O–H groups in total. The molecule has 0 saturated carbocycles. The molecule has 21 heavy (non-hydrogen) atoms. The van der Waals surface area contributed by atoms with Gasteiger partial charge >= 0.3 is 0 Å². The van der Waals surface area contributed by atoms with E-state index in [9.17, 15) is 10.1 Å². The molecule has 1 aliphatic carbocycles. The lowest BCUT2D eigenvalue weighted by Crippen LogP contribution is -2.42. The second-order valence-corrected chi connectivity index (χ2v) is 5.91. The lowest BCUT2D eigenvalue weighted by molar-refractivity contribution is -0.384. The van der Waals surface area contributed by atoms with Crippen molar-refractivity contribution in [3.8, 4) is 0 Å². The Morgan fingerprint density at radius 3 is 2.67 bits per heavy atom. The first-order chi connectivity index (χ1) is 10.0. The summed E-state index contributed by atoms with van der Waals surface area (Å²) in [6, 6.07) is 15.2. The van der Waals surface area contributed by atoms with Crippen molar-refractivity contribution in [2.75, 3.05) is 0 Å². The fourth-order valence-electron chi connectivity index (χ4n) is 3.30. The van der Waals surface area contributed by atoms with E-state index in [1.807, 2.05) is 24.3 Å². The van der Waals surface area contributed by atoms with Gasteiger partial charge in [-0.1, -0.05) is 43.3 Å². The first-order valence-electron chi connectivity index (χ1n) is 7.11. The van der Waals surface area contributed by atoms with Gasteiger partial charge in [-0.15, -0.1) is 0 Å². The van der Waals surface area contributed by atoms with Crippen LogP contribution in [-0.4, -0.2) is 4.92 Å². The second kappa shape index (κ2) is 4.97. The summed E-state index contributed by atoms with van der Waals surface area (Å²) >= 11 is 0. The van der Waals surface area contributed by atoms with Crippen molar-refractivity contribution in [1.82, 2.24) is 0 Å². The molecule has 2 aromatic carbocycles. The fraction of sp³-hybridized carbons (Fsp3) is 0.294. The van der Waals surface area contributed by atoms with Crippen molar-refractivity contribution in [3.63, 3.8) is 0 Å². The monoisotopic (exact) mass is 282 g/mol. The quantitative estimate of drug-likeness (QED) is 0.694. The summed E-state index contributed by atoms with van der Waals surface area (Å²) in [5, 5.41) is 10.9. The molecule has 2 unspecified atom stereocenters. The van der Waals surface area contributed by atoms with Gasteiger partial charge in [-0.3, -0.25) is 10.1 Å². The summed E-state index contributed by atoms with van der Waals surface area (Å²) in [6.45, 7) is 2.12. The minimum Gasteiger partial charge on any atom is -0.321 e. The Hall–Kier alpha value is -2.20. The molecule has 1 aliphatic rings. The number of non-ortho nitro benzene ring substituents is 1. The largest absolute Gasteiger partial charge is 0.321 e. The Labute approximate surface area is 123 Å². The van der Waals surface area contributed by atoms with E-state index in [1.54, 1.807) is 12.1 Å². The molecular formula is C17H18N2O2. The van der Waals surface area contributed by atoms with E-state index in [0.717, 1.165) is 24.0 Å². The summed E-state index contributed by atoms with van der Waals surface area (Å²) in [4.78, 5) is 10.6. The predicted molar refractivity (Wildman–Crippen MR) is 82.0 cm³/mol. The van der Waals surface area contributed by atoms with Crippen LogP contribution in [0.2, 0.25) is 0 Å². The lowest BCUT2D eigenvalue weighted by Gasteiger charge is -2.30. The van der Waals surface area contributed by atoms with E-state index in [4.69, 9.17) is 5.73 Å². The van der Waals surface area contributed by atoms with E-state index in [2.05, 4.69) is 19.1 Å². The highest BCUT2D eigenvalue weighted by atomic mass is 16.6. The van der Waals surface area contributed by atoms with Gasteiger partial charge in [0.15, 0.2) is 0 Å². The molecule has 0 amide bonds. The van der Waals surface area contributed by atoms with Crippen LogP contribution in [0.3, 0.4) is 0 Å². The Morgan fingerprint density at radius 1 is 1.29 bits per heavy atom. The van der Waals surface area contributed by atoms with Gasteiger partial charge in [0.25, 0.3) is 5.69 Å². The van der Waals surface area contributed by atoms with Crippen LogP contribution in [0.4, 0.5) is 5.69 Å². The van der Waals surface area contributed by atoms with E-state index in [1.165, 1.54) is 5.56 Å². The van der Waals surface area contributed by atoms with Gasteiger partial charge in [-0.25, -0.2) is 0 Å². The number of hydrogen-bond donors (Lipinski definition) is 1. The molecule has 2 aromatic rings. The summed E-state index contributed by atoms with van der Waals surface area (Å²) in [5.41, 5.74) is 9.64. The van der Waals surface area contributed by atoms with E-state index >= 15 is 0 Å². The van der Waals surface area contributed by atoms with Crippen LogP contribution in [0.1, 0.15) is 23.6 Å². The van der Waals surface area contributed by atoms with Crippen LogP contribution in [0.25, 0.3) is 0 Å². The molecule has 0 fully saturated rings. The molecule has 108 valence electrons. The van der Waals surface area contributed by atoms with Gasteiger partial charge in [0, 0.05) is 17.7 Å². The van der Waals surface area contributed by atoms with Crippen LogP contribution in [-0.2, 0) is 18.4 Å². The van der Waals surface area contributed by atoms with Crippen molar-refractivity contribution < 1.29 is 4.92 Å². The first kappa shape index (κ1) is 13.8. The molecule has 4 nitrogen and oxygen atoms in total. The average Bonchev–Trinajstić information content (AvgIpc) is 2.71. The van der Waals surface area contributed by atoms with E-state index < -0.39 is 5.54 Å². The Morgan fingerprint density at radius 2 is 2.00 bits per heavy atom. The summed E-state index contributed by atoms with van der Waals surface area (Å²) in [7, 11) is 0. The highest BCUT2D eigenvalue weighted by molar-refractivity contribution is 5.47. The second-order valence-electron chi connectivity index (χ2n) is 5.91. The minimum absolute atomic E-state index is 0.143. The number of hydrogen-bond acceptors (Lipinski definition) is 3. The van der Waals surface area contributed by atoms with E-state index in [0.29, 0.717) is 0 Å². The Kier molecular flexibility index (Phi) is 3.26. The van der Waals surface area contributed by atoms with Crippen molar-refractivity contribution in [2.24, 2.45) is 11.7 Å². The SMILES string of the molecule is CC1Cc2cc([N+](=O)[O-])ccc2C1(N)Cc1ccccc1. The van der Waals surface area contributed by atoms with Crippen LogP contribution in [0.15, 0.2) is 48.5 Å². The Bertz CT molecular complexity index is 684. The number of rotatable bonds is 3. The molecule has 2 atom stereocenters. The number of fused-ring (bicyclic) bond motifs is 1. The maximum Gasteiger partial charge on any atom is 0.269 e. The molecule has 0 aromatic heterocycles. The van der Waals surface area contributed by atoms with Crippen LogP contribution < -0.4 is 5.73 Å².